The van der Waals surface area contributed by atoms with Crippen LogP contribution in [0.1, 0.15) is 11.3 Å². The van der Waals surface area contributed by atoms with Crippen molar-refractivity contribution in [2.24, 2.45) is 0 Å². The van der Waals surface area contributed by atoms with E-state index >= 15 is 0 Å². The summed E-state index contributed by atoms with van der Waals surface area (Å²) in [6.45, 7) is -0.958. The molecule has 1 aromatic carbocycles. The van der Waals surface area contributed by atoms with Crippen LogP contribution in [0.15, 0.2) is 29.6 Å². The Kier molecular flexibility index (Phi) is 7.27. The number of para-hydroxylation sites is 1. The van der Waals surface area contributed by atoms with Crippen LogP contribution >= 0.6 is 11.3 Å². The predicted octanol–water partition coefficient (Wildman–Crippen LogP) is 1.29. The van der Waals surface area contributed by atoms with Crippen LogP contribution in [0.2, 0.25) is 0 Å². The molecule has 0 aliphatic carbocycles. The second-order valence-electron chi connectivity index (χ2n) is 5.00. The van der Waals surface area contributed by atoms with E-state index in [2.05, 4.69) is 15.0 Å². The van der Waals surface area contributed by atoms with Crippen molar-refractivity contribution < 1.29 is 28.6 Å². The third-order valence-electron chi connectivity index (χ3n) is 3.07. The Morgan fingerprint density at radius 2 is 2.00 bits per heavy atom. The number of carbonyl (C=O) groups excluding carboxylic acids is 3. The molecular weight excluding hydrogens is 374 g/mol. The van der Waals surface area contributed by atoms with Crippen LogP contribution in [0.3, 0.4) is 0 Å². The van der Waals surface area contributed by atoms with Crippen molar-refractivity contribution in [1.29, 1.82) is 5.26 Å². The fourth-order valence-corrected chi connectivity index (χ4v) is 2.56. The van der Waals surface area contributed by atoms with Crippen molar-refractivity contribution >= 4 is 34.3 Å². The molecule has 0 spiro atoms. The second kappa shape index (κ2) is 9.88. The first kappa shape index (κ1) is 19.9. The highest BCUT2D eigenvalue weighted by Gasteiger charge is 2.13. The molecule has 27 heavy (non-hydrogen) atoms. The Morgan fingerprint density at radius 1 is 1.22 bits per heavy atom. The van der Waals surface area contributed by atoms with Crippen LogP contribution in [-0.4, -0.2) is 43.2 Å². The van der Waals surface area contributed by atoms with Gasteiger partial charge in [0.25, 0.3) is 5.91 Å². The van der Waals surface area contributed by atoms with E-state index < -0.39 is 31.1 Å². The Hall–Kier alpha value is -3.45. The van der Waals surface area contributed by atoms with Gasteiger partial charge in [0.05, 0.1) is 24.8 Å². The van der Waals surface area contributed by atoms with Gasteiger partial charge in [-0.3, -0.25) is 14.9 Å². The first-order valence-corrected chi connectivity index (χ1v) is 8.48. The van der Waals surface area contributed by atoms with Crippen LogP contribution in [0.25, 0.3) is 0 Å². The fourth-order valence-electron chi connectivity index (χ4n) is 1.83. The van der Waals surface area contributed by atoms with Crippen molar-refractivity contribution in [1.82, 2.24) is 4.98 Å². The molecule has 0 radical (unpaired) electrons. The fraction of sp³-hybridized carbons (Fsp3) is 0.235. The lowest BCUT2D eigenvalue weighted by Gasteiger charge is -2.07. The quantitative estimate of drug-likeness (QED) is 0.669. The van der Waals surface area contributed by atoms with E-state index in [9.17, 15) is 14.4 Å². The van der Waals surface area contributed by atoms with Gasteiger partial charge in [0.2, 0.25) is 0 Å². The SMILES string of the molecule is COC(=O)Cc1csc(NC(=O)COC(=O)COc2ccccc2C#N)n1. The van der Waals surface area contributed by atoms with Crippen molar-refractivity contribution in [3.63, 3.8) is 0 Å². The number of ether oxygens (including phenoxy) is 3. The maximum atomic E-state index is 11.8. The second-order valence-corrected chi connectivity index (χ2v) is 5.86. The maximum absolute atomic E-state index is 11.8. The van der Waals surface area contributed by atoms with Gasteiger partial charge >= 0.3 is 11.9 Å². The monoisotopic (exact) mass is 389 g/mol. The summed E-state index contributed by atoms with van der Waals surface area (Å²) in [5, 5.41) is 13.3. The zero-order chi connectivity index (χ0) is 19.6. The van der Waals surface area contributed by atoms with E-state index in [1.807, 2.05) is 6.07 Å². The van der Waals surface area contributed by atoms with E-state index in [1.54, 1.807) is 29.6 Å². The lowest BCUT2D eigenvalue weighted by Crippen LogP contribution is -2.23. The highest BCUT2D eigenvalue weighted by atomic mass is 32.1. The summed E-state index contributed by atoms with van der Waals surface area (Å²) >= 11 is 1.13. The Labute approximate surface area is 158 Å². The van der Waals surface area contributed by atoms with E-state index in [0.717, 1.165) is 11.3 Å². The number of hydrogen-bond donors (Lipinski definition) is 1. The number of amides is 1. The molecule has 1 aromatic heterocycles. The Balaban J connectivity index is 1.74. The van der Waals surface area contributed by atoms with Gasteiger partial charge in [-0.1, -0.05) is 12.1 Å². The van der Waals surface area contributed by atoms with E-state index in [-0.39, 0.29) is 22.9 Å². The van der Waals surface area contributed by atoms with Crippen molar-refractivity contribution in [3.05, 3.63) is 40.9 Å². The highest BCUT2D eigenvalue weighted by molar-refractivity contribution is 7.13. The summed E-state index contributed by atoms with van der Waals surface area (Å²) < 4.78 is 14.5. The minimum absolute atomic E-state index is 0.000628. The number of hydrogen-bond acceptors (Lipinski definition) is 9. The van der Waals surface area contributed by atoms with Crippen LogP contribution < -0.4 is 10.1 Å². The summed E-state index contributed by atoms with van der Waals surface area (Å²) in [6, 6.07) is 8.37. The molecule has 0 atom stereocenters. The molecule has 2 rings (SSSR count). The lowest BCUT2D eigenvalue weighted by molar-refractivity contribution is -0.149. The lowest BCUT2D eigenvalue weighted by atomic mass is 10.2. The average Bonchev–Trinajstić information content (AvgIpc) is 3.11. The topological polar surface area (TPSA) is 128 Å². The molecule has 140 valence electrons. The molecular formula is C17H15N3O6S. The molecule has 0 saturated heterocycles. The van der Waals surface area contributed by atoms with Crippen LogP contribution in [0.4, 0.5) is 5.13 Å². The Bertz CT molecular complexity index is 874. The predicted molar refractivity (Wildman–Crippen MR) is 94.1 cm³/mol. The van der Waals surface area contributed by atoms with Crippen LogP contribution in [0.5, 0.6) is 5.75 Å². The molecule has 0 bridgehead atoms. The number of nitrogens with zero attached hydrogens (tertiary/aromatic N) is 2. The van der Waals surface area contributed by atoms with Gasteiger partial charge in [-0.05, 0) is 12.1 Å². The third kappa shape index (κ3) is 6.41. The number of anilines is 1. The first-order valence-electron chi connectivity index (χ1n) is 7.60. The van der Waals surface area contributed by atoms with Gasteiger partial charge in [-0.25, -0.2) is 9.78 Å². The summed E-state index contributed by atoms with van der Waals surface area (Å²) in [5.41, 5.74) is 0.748. The van der Waals surface area contributed by atoms with Crippen molar-refractivity contribution in [2.75, 3.05) is 25.6 Å². The highest BCUT2D eigenvalue weighted by Crippen LogP contribution is 2.17. The smallest absolute Gasteiger partial charge is 0.344 e. The largest absolute Gasteiger partial charge is 0.481 e. The minimum atomic E-state index is -0.761. The number of nitrogens with one attached hydrogen (secondary N) is 1. The molecule has 1 amide bonds. The zero-order valence-corrected chi connectivity index (χ0v) is 15.1. The van der Waals surface area contributed by atoms with E-state index in [0.29, 0.717) is 5.69 Å². The van der Waals surface area contributed by atoms with Crippen molar-refractivity contribution in [3.8, 4) is 11.8 Å². The molecule has 2 aromatic rings. The molecule has 1 N–H and O–H groups in total. The number of thiazole rings is 1. The van der Waals surface area contributed by atoms with Gasteiger partial charge < -0.3 is 14.2 Å². The summed E-state index contributed by atoms with van der Waals surface area (Å²) in [5.74, 6) is -1.53. The van der Waals surface area contributed by atoms with E-state index in [4.69, 9.17) is 14.7 Å². The number of methoxy groups -OCH3 is 1. The molecule has 9 nitrogen and oxygen atoms in total. The summed E-state index contributed by atoms with van der Waals surface area (Å²) in [6.07, 6.45) is -0.000628. The minimum Gasteiger partial charge on any atom is -0.481 e. The van der Waals surface area contributed by atoms with Crippen LogP contribution in [-0.2, 0) is 30.3 Å². The molecule has 0 fully saturated rings. The van der Waals surface area contributed by atoms with Gasteiger partial charge in [0, 0.05) is 5.38 Å². The number of esters is 2. The molecule has 0 saturated carbocycles. The summed E-state index contributed by atoms with van der Waals surface area (Å²) in [4.78, 5) is 38.7. The van der Waals surface area contributed by atoms with Crippen LogP contribution in [0, 0.1) is 11.3 Å². The van der Waals surface area contributed by atoms with Gasteiger partial charge in [-0.2, -0.15) is 5.26 Å². The first-order chi connectivity index (χ1) is 13.0. The van der Waals surface area contributed by atoms with Gasteiger partial charge in [0.15, 0.2) is 18.3 Å². The molecule has 0 aliphatic rings. The number of aromatic nitrogens is 1. The Morgan fingerprint density at radius 3 is 2.74 bits per heavy atom. The third-order valence-corrected chi connectivity index (χ3v) is 3.88. The van der Waals surface area contributed by atoms with Gasteiger partial charge in [0.1, 0.15) is 11.8 Å². The molecule has 0 aliphatic heterocycles. The standard InChI is InChI=1S/C17H15N3O6S/c1-24-15(22)6-12-10-27-17(19-12)20-14(21)8-26-16(23)9-25-13-5-3-2-4-11(13)7-18/h2-5,10H,6,8-9H2,1H3,(H,19,20,21). The summed E-state index contributed by atoms with van der Waals surface area (Å²) in [7, 11) is 1.27. The average molecular weight is 389 g/mol. The molecule has 1 heterocycles. The zero-order valence-electron chi connectivity index (χ0n) is 14.3. The molecule has 0 unspecified atom stereocenters. The van der Waals surface area contributed by atoms with Crippen molar-refractivity contribution in [2.45, 2.75) is 6.42 Å². The molecule has 10 heteroatoms. The number of benzene rings is 1. The number of rotatable bonds is 8. The normalized spacial score (nSPS) is 9.78. The number of nitriles is 1. The van der Waals surface area contributed by atoms with E-state index in [1.165, 1.54) is 7.11 Å². The van der Waals surface area contributed by atoms with Gasteiger partial charge in [-0.15, -0.1) is 11.3 Å². The number of carbonyl (C=O) groups is 3. The maximum Gasteiger partial charge on any atom is 0.344 e.